The van der Waals surface area contributed by atoms with E-state index in [0.717, 1.165) is 12.1 Å². The van der Waals surface area contributed by atoms with E-state index in [1.165, 1.54) is 0 Å². The number of cyclic esters (lactones) is 1. The van der Waals surface area contributed by atoms with Crippen molar-refractivity contribution in [1.82, 2.24) is 10.6 Å². The van der Waals surface area contributed by atoms with Crippen LogP contribution in [-0.2, 0) is 11.3 Å². The average Bonchev–Trinajstić information content (AvgIpc) is 2.84. The van der Waals surface area contributed by atoms with Gasteiger partial charge in [-0.15, -0.1) is 0 Å². The highest BCUT2D eigenvalue weighted by molar-refractivity contribution is 5.69. The maximum absolute atomic E-state index is 10.9. The molecule has 0 aliphatic carbocycles. The first-order valence-corrected chi connectivity index (χ1v) is 6.70. The molecule has 0 saturated carbocycles. The largest absolute Gasteiger partial charge is 0.490 e. The summed E-state index contributed by atoms with van der Waals surface area (Å²) in [6, 6.07) is 5.81. The van der Waals surface area contributed by atoms with Crippen LogP contribution in [0.25, 0.3) is 0 Å². The van der Waals surface area contributed by atoms with Gasteiger partial charge in [0, 0.05) is 6.54 Å². The Hall–Kier alpha value is -1.95. The van der Waals surface area contributed by atoms with Crippen LogP contribution in [0.4, 0.5) is 4.79 Å². The molecule has 1 aliphatic heterocycles. The minimum absolute atomic E-state index is 0.256. The molecule has 0 bridgehead atoms. The number of nitrogens with one attached hydrogen (secondary N) is 2. The first-order valence-electron chi connectivity index (χ1n) is 6.70. The van der Waals surface area contributed by atoms with Gasteiger partial charge in [0.05, 0.1) is 13.2 Å². The third kappa shape index (κ3) is 3.77. The molecule has 2 rings (SSSR count). The maximum Gasteiger partial charge on any atom is 0.407 e. The van der Waals surface area contributed by atoms with Crippen molar-refractivity contribution in [3.63, 3.8) is 0 Å². The van der Waals surface area contributed by atoms with E-state index in [-0.39, 0.29) is 6.10 Å². The number of rotatable bonds is 7. The average molecular weight is 280 g/mol. The third-order valence-electron chi connectivity index (χ3n) is 2.86. The summed E-state index contributed by atoms with van der Waals surface area (Å²) in [5.74, 6) is 1.37. The summed E-state index contributed by atoms with van der Waals surface area (Å²) < 4.78 is 16.3. The Labute approximate surface area is 118 Å². The number of ether oxygens (including phenoxy) is 3. The number of hydrogen-bond donors (Lipinski definition) is 2. The highest BCUT2D eigenvalue weighted by Crippen LogP contribution is 2.28. The summed E-state index contributed by atoms with van der Waals surface area (Å²) >= 11 is 0. The number of amides is 1. The minimum atomic E-state index is -0.395. The zero-order valence-electron chi connectivity index (χ0n) is 11.8. The fourth-order valence-electron chi connectivity index (χ4n) is 1.96. The number of carbonyl (C=O) groups is 1. The van der Waals surface area contributed by atoms with Crippen molar-refractivity contribution in [2.45, 2.75) is 19.6 Å². The normalized spacial score (nSPS) is 17.5. The van der Waals surface area contributed by atoms with Gasteiger partial charge in [-0.05, 0) is 31.7 Å². The van der Waals surface area contributed by atoms with Crippen molar-refractivity contribution in [3.05, 3.63) is 23.8 Å². The number of hydrogen-bond acceptors (Lipinski definition) is 5. The van der Waals surface area contributed by atoms with E-state index in [2.05, 4.69) is 10.6 Å². The van der Waals surface area contributed by atoms with Gasteiger partial charge in [-0.25, -0.2) is 4.79 Å². The summed E-state index contributed by atoms with van der Waals surface area (Å²) in [4.78, 5) is 10.9. The topological polar surface area (TPSA) is 68.8 Å². The predicted octanol–water partition coefficient (Wildman–Crippen LogP) is 1.29. The molecule has 1 aliphatic rings. The van der Waals surface area contributed by atoms with Crippen LogP contribution in [0.15, 0.2) is 18.2 Å². The first kappa shape index (κ1) is 14.5. The third-order valence-corrected chi connectivity index (χ3v) is 2.86. The van der Waals surface area contributed by atoms with E-state index in [4.69, 9.17) is 14.2 Å². The second-order valence-corrected chi connectivity index (χ2v) is 4.46. The molecule has 1 atom stereocenters. The molecule has 0 aromatic heterocycles. The van der Waals surface area contributed by atoms with Gasteiger partial charge < -0.3 is 24.8 Å². The molecule has 1 fully saturated rings. The Balaban J connectivity index is 2.00. The standard InChI is InChI=1S/C14H20N2O4/c1-3-18-13-6-10(7-15-2)4-5-12(13)19-9-11-8-16-14(17)20-11/h4-6,11,15H,3,7-9H2,1-2H3,(H,16,17). The molecule has 2 N–H and O–H groups in total. The molecule has 1 unspecified atom stereocenters. The molecule has 6 nitrogen and oxygen atoms in total. The highest BCUT2D eigenvalue weighted by atomic mass is 16.6. The molecule has 1 heterocycles. The van der Waals surface area contributed by atoms with Crippen LogP contribution in [-0.4, -0.2) is 39.0 Å². The fourth-order valence-corrected chi connectivity index (χ4v) is 1.96. The monoisotopic (exact) mass is 280 g/mol. The molecule has 1 aromatic carbocycles. The molecule has 1 amide bonds. The Morgan fingerprint density at radius 3 is 2.90 bits per heavy atom. The highest BCUT2D eigenvalue weighted by Gasteiger charge is 2.23. The molecule has 0 radical (unpaired) electrons. The van der Waals surface area contributed by atoms with Gasteiger partial charge in [0.25, 0.3) is 0 Å². The van der Waals surface area contributed by atoms with E-state index in [1.54, 1.807) is 0 Å². The SMILES string of the molecule is CCOc1cc(CNC)ccc1OCC1CNC(=O)O1. The van der Waals surface area contributed by atoms with Crippen molar-refractivity contribution >= 4 is 6.09 Å². The van der Waals surface area contributed by atoms with E-state index in [0.29, 0.717) is 31.3 Å². The molecule has 1 aromatic rings. The lowest BCUT2D eigenvalue weighted by Crippen LogP contribution is -2.22. The van der Waals surface area contributed by atoms with Crippen LogP contribution >= 0.6 is 0 Å². The lowest BCUT2D eigenvalue weighted by molar-refractivity contribution is 0.103. The maximum atomic E-state index is 10.9. The van der Waals surface area contributed by atoms with E-state index in [1.807, 2.05) is 32.2 Å². The molecular formula is C14H20N2O4. The second-order valence-electron chi connectivity index (χ2n) is 4.46. The summed E-state index contributed by atoms with van der Waals surface area (Å²) in [7, 11) is 1.90. The van der Waals surface area contributed by atoms with Crippen LogP contribution in [0.1, 0.15) is 12.5 Å². The van der Waals surface area contributed by atoms with E-state index >= 15 is 0 Å². The number of carbonyl (C=O) groups excluding carboxylic acids is 1. The van der Waals surface area contributed by atoms with E-state index < -0.39 is 6.09 Å². The van der Waals surface area contributed by atoms with Crippen molar-refractivity contribution in [1.29, 1.82) is 0 Å². The van der Waals surface area contributed by atoms with Gasteiger partial charge in [-0.2, -0.15) is 0 Å². The minimum Gasteiger partial charge on any atom is -0.490 e. The number of benzene rings is 1. The number of alkyl carbamates (subject to hydrolysis) is 1. The molecular weight excluding hydrogens is 260 g/mol. The smallest absolute Gasteiger partial charge is 0.407 e. The van der Waals surface area contributed by atoms with Crippen LogP contribution in [0.5, 0.6) is 11.5 Å². The first-order chi connectivity index (χ1) is 9.72. The fraction of sp³-hybridized carbons (Fsp3) is 0.500. The molecule has 1 saturated heterocycles. The molecule has 0 spiro atoms. The van der Waals surface area contributed by atoms with Crippen molar-refractivity contribution in [3.8, 4) is 11.5 Å². The Morgan fingerprint density at radius 2 is 2.25 bits per heavy atom. The Morgan fingerprint density at radius 1 is 1.40 bits per heavy atom. The summed E-state index contributed by atoms with van der Waals surface area (Å²) in [5.41, 5.74) is 1.12. The van der Waals surface area contributed by atoms with Gasteiger partial charge in [0.2, 0.25) is 0 Å². The van der Waals surface area contributed by atoms with Crippen molar-refractivity contribution in [2.24, 2.45) is 0 Å². The summed E-state index contributed by atoms with van der Waals surface area (Å²) in [6.07, 6.45) is -0.651. The summed E-state index contributed by atoms with van der Waals surface area (Å²) in [5, 5.41) is 5.68. The zero-order chi connectivity index (χ0) is 14.4. The van der Waals surface area contributed by atoms with Crippen LogP contribution in [0.2, 0.25) is 0 Å². The van der Waals surface area contributed by atoms with Crippen molar-refractivity contribution in [2.75, 3.05) is 26.8 Å². The van der Waals surface area contributed by atoms with Gasteiger partial charge >= 0.3 is 6.09 Å². The Bertz CT molecular complexity index is 464. The zero-order valence-corrected chi connectivity index (χ0v) is 11.8. The second kappa shape index (κ2) is 7.00. The lowest BCUT2D eigenvalue weighted by Gasteiger charge is -2.15. The van der Waals surface area contributed by atoms with Crippen LogP contribution < -0.4 is 20.1 Å². The summed E-state index contributed by atoms with van der Waals surface area (Å²) in [6.45, 7) is 4.05. The van der Waals surface area contributed by atoms with Crippen LogP contribution in [0.3, 0.4) is 0 Å². The van der Waals surface area contributed by atoms with Crippen molar-refractivity contribution < 1.29 is 19.0 Å². The predicted molar refractivity (Wildman–Crippen MR) is 74.1 cm³/mol. The van der Waals surface area contributed by atoms with Gasteiger partial charge in [0.1, 0.15) is 6.61 Å². The Kier molecular flexibility index (Phi) is 5.06. The van der Waals surface area contributed by atoms with Crippen LogP contribution in [0, 0.1) is 0 Å². The van der Waals surface area contributed by atoms with Gasteiger partial charge in [-0.3, -0.25) is 0 Å². The van der Waals surface area contributed by atoms with E-state index in [9.17, 15) is 4.79 Å². The molecule has 20 heavy (non-hydrogen) atoms. The van der Waals surface area contributed by atoms with Gasteiger partial charge in [-0.1, -0.05) is 6.07 Å². The lowest BCUT2D eigenvalue weighted by atomic mass is 10.2. The molecule has 110 valence electrons. The van der Waals surface area contributed by atoms with Gasteiger partial charge in [0.15, 0.2) is 17.6 Å². The quantitative estimate of drug-likeness (QED) is 0.787. The molecule has 6 heteroatoms.